The zero-order valence-corrected chi connectivity index (χ0v) is 13.1. The normalized spacial score (nSPS) is 16.2. The Morgan fingerprint density at radius 3 is 2.50 bits per heavy atom. The van der Waals surface area contributed by atoms with E-state index in [1.54, 1.807) is 0 Å². The molecule has 3 N–H and O–H groups in total. The summed E-state index contributed by atoms with van der Waals surface area (Å²) in [6.07, 6.45) is 0. The van der Waals surface area contributed by atoms with Crippen molar-refractivity contribution in [3.63, 3.8) is 0 Å². The molecule has 1 heterocycles. The maximum Gasteiger partial charge on any atom is 0.315 e. The Kier molecular flexibility index (Phi) is 4.96. The fourth-order valence-electron chi connectivity index (χ4n) is 2.37. The van der Waals surface area contributed by atoms with Crippen molar-refractivity contribution in [2.75, 3.05) is 6.54 Å². The third kappa shape index (κ3) is 4.25. The Labute approximate surface area is 140 Å². The van der Waals surface area contributed by atoms with Crippen molar-refractivity contribution in [2.45, 2.75) is 19.2 Å². The summed E-state index contributed by atoms with van der Waals surface area (Å²) in [5, 5.41) is 7.91. The van der Waals surface area contributed by atoms with Gasteiger partial charge in [0, 0.05) is 13.1 Å². The van der Waals surface area contributed by atoms with E-state index in [0.717, 1.165) is 16.9 Å². The van der Waals surface area contributed by atoms with E-state index in [1.807, 2.05) is 54.6 Å². The first-order valence-corrected chi connectivity index (χ1v) is 7.78. The van der Waals surface area contributed by atoms with Gasteiger partial charge in [-0.2, -0.15) is 0 Å². The molecule has 1 aliphatic heterocycles. The van der Waals surface area contributed by atoms with E-state index < -0.39 is 6.04 Å². The number of hydrogen-bond donors (Lipinski definition) is 3. The van der Waals surface area contributed by atoms with Gasteiger partial charge in [-0.05, 0) is 23.3 Å². The number of amides is 3. The van der Waals surface area contributed by atoms with E-state index in [-0.39, 0.29) is 11.9 Å². The van der Waals surface area contributed by atoms with Crippen LogP contribution >= 0.6 is 0 Å². The number of ether oxygens (including phenoxy) is 1. The number of nitrogens with one attached hydrogen (secondary N) is 3. The van der Waals surface area contributed by atoms with Gasteiger partial charge in [-0.15, -0.1) is 0 Å². The van der Waals surface area contributed by atoms with Gasteiger partial charge in [-0.25, -0.2) is 4.79 Å². The van der Waals surface area contributed by atoms with Gasteiger partial charge in [0.25, 0.3) is 0 Å². The summed E-state index contributed by atoms with van der Waals surface area (Å²) in [7, 11) is 0. The molecular weight excluding hydrogens is 306 g/mol. The van der Waals surface area contributed by atoms with Crippen molar-refractivity contribution < 1.29 is 14.3 Å². The molecule has 1 saturated heterocycles. The van der Waals surface area contributed by atoms with Gasteiger partial charge in [0.05, 0.1) is 0 Å². The number of carbonyl (C=O) groups excluding carboxylic acids is 2. The lowest BCUT2D eigenvalue weighted by atomic mass is 10.2. The molecule has 0 spiro atoms. The number of urea groups is 1. The standard InChI is InChI=1S/C18H19N3O3/c22-17(16-11-20-18(23)21-16)19-10-13-6-8-15(9-7-13)24-12-14-4-2-1-3-5-14/h1-9,16H,10-12H2,(H,19,22)(H2,20,21,23)/t16-/m1/s1. The third-order valence-corrected chi connectivity index (χ3v) is 3.73. The van der Waals surface area contributed by atoms with Gasteiger partial charge >= 0.3 is 6.03 Å². The number of carbonyl (C=O) groups is 2. The SMILES string of the molecule is O=C1NC[C@H](C(=O)NCc2ccc(OCc3ccccc3)cc2)N1. The molecule has 124 valence electrons. The Morgan fingerprint density at radius 2 is 1.83 bits per heavy atom. The largest absolute Gasteiger partial charge is 0.489 e. The summed E-state index contributed by atoms with van der Waals surface area (Å²) in [5.74, 6) is 0.582. The molecular formula is C18H19N3O3. The molecule has 0 unspecified atom stereocenters. The highest BCUT2D eigenvalue weighted by atomic mass is 16.5. The third-order valence-electron chi connectivity index (χ3n) is 3.73. The van der Waals surface area contributed by atoms with Crippen LogP contribution in [0.5, 0.6) is 5.75 Å². The molecule has 1 atom stereocenters. The zero-order chi connectivity index (χ0) is 16.8. The first-order valence-electron chi connectivity index (χ1n) is 7.78. The van der Waals surface area contributed by atoms with Crippen LogP contribution in [0.4, 0.5) is 4.79 Å². The maximum atomic E-state index is 11.9. The van der Waals surface area contributed by atoms with Crippen LogP contribution in [-0.4, -0.2) is 24.5 Å². The van der Waals surface area contributed by atoms with Crippen molar-refractivity contribution >= 4 is 11.9 Å². The molecule has 2 aromatic rings. The molecule has 0 radical (unpaired) electrons. The molecule has 6 heteroatoms. The van der Waals surface area contributed by atoms with Crippen LogP contribution in [0.15, 0.2) is 54.6 Å². The Balaban J connectivity index is 1.46. The second-order valence-corrected chi connectivity index (χ2v) is 5.54. The summed E-state index contributed by atoms with van der Waals surface area (Å²) in [6.45, 7) is 1.24. The minimum Gasteiger partial charge on any atom is -0.489 e. The van der Waals surface area contributed by atoms with Gasteiger partial charge in [-0.3, -0.25) is 4.79 Å². The average Bonchev–Trinajstić information content (AvgIpc) is 3.06. The molecule has 1 fully saturated rings. The topological polar surface area (TPSA) is 79.5 Å². The number of hydrogen-bond acceptors (Lipinski definition) is 3. The second-order valence-electron chi connectivity index (χ2n) is 5.54. The van der Waals surface area contributed by atoms with Gasteiger partial charge < -0.3 is 20.7 Å². The van der Waals surface area contributed by atoms with E-state index in [9.17, 15) is 9.59 Å². The minimum atomic E-state index is -0.508. The Hall–Kier alpha value is -3.02. The monoisotopic (exact) mass is 325 g/mol. The molecule has 24 heavy (non-hydrogen) atoms. The van der Waals surface area contributed by atoms with Gasteiger partial charge in [0.2, 0.25) is 5.91 Å². The second kappa shape index (κ2) is 7.50. The Morgan fingerprint density at radius 1 is 1.08 bits per heavy atom. The van der Waals surface area contributed by atoms with Crippen LogP contribution in [-0.2, 0) is 17.9 Å². The van der Waals surface area contributed by atoms with Crippen molar-refractivity contribution in [3.05, 3.63) is 65.7 Å². The van der Waals surface area contributed by atoms with Gasteiger partial charge in [-0.1, -0.05) is 42.5 Å². The van der Waals surface area contributed by atoms with E-state index in [1.165, 1.54) is 0 Å². The Bertz CT molecular complexity index is 701. The van der Waals surface area contributed by atoms with Crippen LogP contribution in [0.2, 0.25) is 0 Å². The first-order chi connectivity index (χ1) is 11.7. The van der Waals surface area contributed by atoms with Crippen LogP contribution in [0.25, 0.3) is 0 Å². The highest BCUT2D eigenvalue weighted by molar-refractivity contribution is 5.90. The van der Waals surface area contributed by atoms with E-state index in [0.29, 0.717) is 19.7 Å². The van der Waals surface area contributed by atoms with E-state index in [2.05, 4.69) is 16.0 Å². The molecule has 0 saturated carbocycles. The van der Waals surface area contributed by atoms with Crippen molar-refractivity contribution in [1.82, 2.24) is 16.0 Å². The summed E-state index contributed by atoms with van der Waals surface area (Å²) in [4.78, 5) is 22.9. The van der Waals surface area contributed by atoms with E-state index >= 15 is 0 Å². The number of benzene rings is 2. The van der Waals surface area contributed by atoms with Crippen molar-refractivity contribution in [3.8, 4) is 5.75 Å². The van der Waals surface area contributed by atoms with Crippen LogP contribution in [0.3, 0.4) is 0 Å². The lowest BCUT2D eigenvalue weighted by Gasteiger charge is -2.11. The molecule has 0 aromatic heterocycles. The minimum absolute atomic E-state index is 0.197. The highest BCUT2D eigenvalue weighted by Crippen LogP contribution is 2.14. The van der Waals surface area contributed by atoms with Crippen LogP contribution in [0, 0.1) is 0 Å². The fraction of sp³-hybridized carbons (Fsp3) is 0.222. The summed E-state index contributed by atoms with van der Waals surface area (Å²) >= 11 is 0. The lowest BCUT2D eigenvalue weighted by molar-refractivity contribution is -0.122. The average molecular weight is 325 g/mol. The highest BCUT2D eigenvalue weighted by Gasteiger charge is 2.26. The molecule has 3 rings (SSSR count). The predicted octanol–water partition coefficient (Wildman–Crippen LogP) is 1.56. The molecule has 6 nitrogen and oxygen atoms in total. The summed E-state index contributed by atoms with van der Waals surface area (Å²) < 4.78 is 5.72. The maximum absolute atomic E-state index is 11.9. The summed E-state index contributed by atoms with van der Waals surface area (Å²) in [6, 6.07) is 16.7. The predicted molar refractivity (Wildman–Crippen MR) is 89.4 cm³/mol. The smallest absolute Gasteiger partial charge is 0.315 e. The molecule has 2 aromatic carbocycles. The zero-order valence-electron chi connectivity index (χ0n) is 13.1. The molecule has 0 bridgehead atoms. The van der Waals surface area contributed by atoms with Crippen molar-refractivity contribution in [2.24, 2.45) is 0 Å². The molecule has 3 amide bonds. The van der Waals surface area contributed by atoms with Crippen LogP contribution < -0.4 is 20.7 Å². The van der Waals surface area contributed by atoms with Gasteiger partial charge in [0.1, 0.15) is 18.4 Å². The molecule has 0 aliphatic carbocycles. The first kappa shape index (κ1) is 15.9. The van der Waals surface area contributed by atoms with Crippen LogP contribution in [0.1, 0.15) is 11.1 Å². The van der Waals surface area contributed by atoms with E-state index in [4.69, 9.17) is 4.74 Å². The summed E-state index contributed by atoms with van der Waals surface area (Å²) in [5.41, 5.74) is 2.08. The fourth-order valence-corrected chi connectivity index (χ4v) is 2.37. The van der Waals surface area contributed by atoms with Gasteiger partial charge in [0.15, 0.2) is 0 Å². The quantitative estimate of drug-likeness (QED) is 0.754. The lowest BCUT2D eigenvalue weighted by Crippen LogP contribution is -2.42. The number of rotatable bonds is 6. The molecule has 1 aliphatic rings. The van der Waals surface area contributed by atoms with Crippen molar-refractivity contribution in [1.29, 1.82) is 0 Å².